The number of nitrogens with one attached hydrogen (secondary N) is 1. The van der Waals surface area contributed by atoms with Crippen LogP contribution in [0.3, 0.4) is 0 Å². The summed E-state index contributed by atoms with van der Waals surface area (Å²) in [6, 6.07) is 1.96. The van der Waals surface area contributed by atoms with E-state index in [-0.39, 0.29) is 16.2 Å². The van der Waals surface area contributed by atoms with Gasteiger partial charge < -0.3 is 5.32 Å². The van der Waals surface area contributed by atoms with E-state index < -0.39 is 11.6 Å². The first-order chi connectivity index (χ1) is 8.58. The second-order valence-electron chi connectivity index (χ2n) is 3.74. The fourth-order valence-electron chi connectivity index (χ4n) is 1.47. The highest BCUT2D eigenvalue weighted by Gasteiger charge is 2.12. The lowest BCUT2D eigenvalue weighted by atomic mass is 10.2. The average Bonchev–Trinajstić information content (AvgIpc) is 2.37. The molecule has 6 heteroatoms. The third-order valence-electron chi connectivity index (χ3n) is 2.41. The van der Waals surface area contributed by atoms with Gasteiger partial charge >= 0.3 is 0 Å². The lowest BCUT2D eigenvalue weighted by molar-refractivity contribution is 0.579. The van der Waals surface area contributed by atoms with Gasteiger partial charge in [-0.15, -0.1) is 0 Å². The summed E-state index contributed by atoms with van der Waals surface area (Å²) < 4.78 is 26.8. The molecule has 2 rings (SSSR count). The highest BCUT2D eigenvalue weighted by atomic mass is 79.9. The predicted molar refractivity (Wildman–Crippen MR) is 68.1 cm³/mol. The molecule has 1 atom stereocenters. The Bertz CT molecular complexity index is 549. The topological polar surface area (TPSA) is 37.8 Å². The Labute approximate surface area is 111 Å². The second kappa shape index (κ2) is 5.39. The van der Waals surface area contributed by atoms with Gasteiger partial charge in [0.2, 0.25) is 0 Å². The van der Waals surface area contributed by atoms with Gasteiger partial charge in [-0.2, -0.15) is 0 Å². The first-order valence-corrected chi connectivity index (χ1v) is 6.04. The van der Waals surface area contributed by atoms with Crippen LogP contribution in [0, 0.1) is 11.6 Å². The maximum absolute atomic E-state index is 13.5. The molecule has 0 amide bonds. The van der Waals surface area contributed by atoms with Crippen LogP contribution in [0.15, 0.2) is 35.2 Å². The van der Waals surface area contributed by atoms with Crippen LogP contribution in [0.1, 0.15) is 18.7 Å². The molecule has 1 aromatic heterocycles. The minimum Gasteiger partial charge on any atom is -0.374 e. The van der Waals surface area contributed by atoms with E-state index >= 15 is 0 Å². The first kappa shape index (κ1) is 12.9. The SMILES string of the molecule is CC(Nc1cc(Br)c(F)cc1F)c1cnccn1. The Morgan fingerprint density at radius 3 is 2.67 bits per heavy atom. The van der Waals surface area contributed by atoms with Crippen LogP contribution in [-0.4, -0.2) is 9.97 Å². The highest BCUT2D eigenvalue weighted by molar-refractivity contribution is 9.10. The van der Waals surface area contributed by atoms with E-state index in [1.54, 1.807) is 18.6 Å². The third kappa shape index (κ3) is 2.81. The molecule has 1 aromatic carbocycles. The molecule has 3 nitrogen and oxygen atoms in total. The summed E-state index contributed by atoms with van der Waals surface area (Å²) >= 11 is 3.02. The molecular weight excluding hydrogens is 304 g/mol. The van der Waals surface area contributed by atoms with Crippen molar-refractivity contribution < 1.29 is 8.78 Å². The molecule has 18 heavy (non-hydrogen) atoms. The first-order valence-electron chi connectivity index (χ1n) is 5.25. The van der Waals surface area contributed by atoms with Crippen molar-refractivity contribution >= 4 is 21.6 Å². The van der Waals surface area contributed by atoms with Crippen molar-refractivity contribution in [1.29, 1.82) is 0 Å². The van der Waals surface area contributed by atoms with Crippen molar-refractivity contribution in [2.45, 2.75) is 13.0 Å². The fraction of sp³-hybridized carbons (Fsp3) is 0.167. The third-order valence-corrected chi connectivity index (χ3v) is 3.02. The number of rotatable bonds is 3. The molecule has 94 valence electrons. The maximum Gasteiger partial charge on any atom is 0.149 e. The monoisotopic (exact) mass is 313 g/mol. The summed E-state index contributed by atoms with van der Waals surface area (Å²) in [5, 5.41) is 2.92. The van der Waals surface area contributed by atoms with E-state index in [0.717, 1.165) is 6.07 Å². The number of nitrogens with zero attached hydrogens (tertiary/aromatic N) is 2. The standard InChI is InChI=1S/C12H10BrF2N3/c1-7(12-6-16-2-3-17-12)18-11-4-8(13)9(14)5-10(11)15/h2-7,18H,1H3. The van der Waals surface area contributed by atoms with Gasteiger partial charge in [0, 0.05) is 18.5 Å². The normalized spacial score (nSPS) is 12.2. The van der Waals surface area contributed by atoms with Gasteiger partial charge in [-0.1, -0.05) is 0 Å². The average molecular weight is 314 g/mol. The minimum atomic E-state index is -0.647. The molecule has 0 aliphatic heterocycles. The Kier molecular flexibility index (Phi) is 3.86. The molecule has 0 aliphatic carbocycles. The van der Waals surface area contributed by atoms with Crippen molar-refractivity contribution in [3.8, 4) is 0 Å². The minimum absolute atomic E-state index is 0.206. The maximum atomic E-state index is 13.5. The summed E-state index contributed by atoms with van der Waals surface area (Å²) in [6.07, 6.45) is 4.71. The number of hydrogen-bond acceptors (Lipinski definition) is 3. The molecule has 1 N–H and O–H groups in total. The lowest BCUT2D eigenvalue weighted by Crippen LogP contribution is -2.10. The van der Waals surface area contributed by atoms with Crippen molar-refractivity contribution in [2.24, 2.45) is 0 Å². The zero-order chi connectivity index (χ0) is 13.1. The molecule has 0 spiro atoms. The molecule has 0 fully saturated rings. The van der Waals surface area contributed by atoms with Crippen molar-refractivity contribution in [1.82, 2.24) is 9.97 Å². The van der Waals surface area contributed by atoms with E-state index in [2.05, 4.69) is 31.2 Å². The molecule has 0 radical (unpaired) electrons. The summed E-state index contributed by atoms with van der Waals surface area (Å²) in [5.74, 6) is -1.28. The van der Waals surface area contributed by atoms with E-state index in [4.69, 9.17) is 0 Å². The van der Waals surface area contributed by atoms with E-state index in [1.807, 2.05) is 6.92 Å². The van der Waals surface area contributed by atoms with Crippen LogP contribution in [0.4, 0.5) is 14.5 Å². The van der Waals surface area contributed by atoms with Gasteiger partial charge in [0.25, 0.3) is 0 Å². The van der Waals surface area contributed by atoms with Gasteiger partial charge in [-0.25, -0.2) is 8.78 Å². The largest absolute Gasteiger partial charge is 0.374 e. The Balaban J connectivity index is 2.22. The van der Waals surface area contributed by atoms with Crippen LogP contribution in [0.5, 0.6) is 0 Å². The Morgan fingerprint density at radius 1 is 1.22 bits per heavy atom. The zero-order valence-electron chi connectivity index (χ0n) is 9.49. The molecule has 2 aromatic rings. The zero-order valence-corrected chi connectivity index (χ0v) is 11.1. The highest BCUT2D eigenvalue weighted by Crippen LogP contribution is 2.26. The molecule has 1 heterocycles. The van der Waals surface area contributed by atoms with Gasteiger partial charge in [0.15, 0.2) is 0 Å². The molecule has 0 saturated carbocycles. The molecular formula is C12H10BrF2N3. The van der Waals surface area contributed by atoms with Crippen molar-refractivity contribution in [3.05, 3.63) is 52.5 Å². The van der Waals surface area contributed by atoms with Gasteiger partial charge in [0.05, 0.1) is 28.1 Å². The smallest absolute Gasteiger partial charge is 0.149 e. The van der Waals surface area contributed by atoms with Gasteiger partial charge in [0.1, 0.15) is 11.6 Å². The quantitative estimate of drug-likeness (QED) is 0.878. The van der Waals surface area contributed by atoms with Crippen LogP contribution >= 0.6 is 15.9 Å². The van der Waals surface area contributed by atoms with Crippen LogP contribution < -0.4 is 5.32 Å². The number of halogens is 3. The number of benzene rings is 1. The van der Waals surface area contributed by atoms with Crippen LogP contribution in [-0.2, 0) is 0 Å². The summed E-state index contributed by atoms with van der Waals surface area (Å²) in [6.45, 7) is 1.82. The van der Waals surface area contributed by atoms with Crippen LogP contribution in [0.25, 0.3) is 0 Å². The number of hydrogen-bond donors (Lipinski definition) is 1. The van der Waals surface area contributed by atoms with Crippen molar-refractivity contribution in [3.63, 3.8) is 0 Å². The molecule has 0 aliphatic rings. The van der Waals surface area contributed by atoms with E-state index in [0.29, 0.717) is 5.69 Å². The summed E-state index contributed by atoms with van der Waals surface area (Å²) in [5.41, 5.74) is 0.888. The number of aromatic nitrogens is 2. The molecule has 0 bridgehead atoms. The summed E-state index contributed by atoms with van der Waals surface area (Å²) in [7, 11) is 0. The fourth-order valence-corrected chi connectivity index (χ4v) is 1.82. The second-order valence-corrected chi connectivity index (χ2v) is 4.60. The Hall–Kier alpha value is -1.56. The number of anilines is 1. The van der Waals surface area contributed by atoms with E-state index in [1.165, 1.54) is 6.07 Å². The summed E-state index contributed by atoms with van der Waals surface area (Å²) in [4.78, 5) is 8.05. The molecule has 0 saturated heterocycles. The van der Waals surface area contributed by atoms with Gasteiger partial charge in [-0.3, -0.25) is 9.97 Å². The Morgan fingerprint density at radius 2 is 2.00 bits per heavy atom. The van der Waals surface area contributed by atoms with E-state index in [9.17, 15) is 8.78 Å². The predicted octanol–water partition coefficient (Wildman–Crippen LogP) is 3.69. The van der Waals surface area contributed by atoms with Crippen LogP contribution in [0.2, 0.25) is 0 Å². The van der Waals surface area contributed by atoms with Crippen molar-refractivity contribution in [2.75, 3.05) is 5.32 Å². The van der Waals surface area contributed by atoms with Gasteiger partial charge in [-0.05, 0) is 28.9 Å². The lowest BCUT2D eigenvalue weighted by Gasteiger charge is -2.15. The molecule has 1 unspecified atom stereocenters.